The first-order valence-corrected chi connectivity index (χ1v) is 8.08. The van der Waals surface area contributed by atoms with Crippen molar-refractivity contribution in [3.63, 3.8) is 0 Å². The molecule has 1 aromatic rings. The lowest BCUT2D eigenvalue weighted by Crippen LogP contribution is -2.31. The molecule has 94 valence electrons. The number of halogens is 1. The van der Waals surface area contributed by atoms with E-state index in [0.29, 0.717) is 6.42 Å². The van der Waals surface area contributed by atoms with Gasteiger partial charge in [0, 0.05) is 10.9 Å². The lowest BCUT2D eigenvalue weighted by molar-refractivity contribution is 0.542. The summed E-state index contributed by atoms with van der Waals surface area (Å²) in [5, 5.41) is 0. The van der Waals surface area contributed by atoms with Gasteiger partial charge in [-0.25, -0.2) is 17.5 Å². The smallest absolute Gasteiger partial charge is 0.211 e. The molecule has 17 heavy (non-hydrogen) atoms. The number of fused-ring (bicyclic) bond motifs is 1. The highest BCUT2D eigenvalue weighted by molar-refractivity contribution is 7.99. The van der Waals surface area contributed by atoms with Crippen LogP contribution in [0.5, 0.6) is 0 Å². The number of rotatable bonds is 3. The van der Waals surface area contributed by atoms with Gasteiger partial charge in [-0.3, -0.25) is 0 Å². The lowest BCUT2D eigenvalue weighted by atomic mass is 10.0. The molecule has 1 heterocycles. The summed E-state index contributed by atoms with van der Waals surface area (Å²) in [6.45, 7) is 1.59. The molecule has 0 aliphatic carbocycles. The molecule has 0 saturated heterocycles. The molecule has 0 bridgehead atoms. The van der Waals surface area contributed by atoms with Crippen molar-refractivity contribution < 1.29 is 12.8 Å². The van der Waals surface area contributed by atoms with Crippen molar-refractivity contribution in [2.75, 3.05) is 11.5 Å². The van der Waals surface area contributed by atoms with Gasteiger partial charge in [-0.15, -0.1) is 11.8 Å². The van der Waals surface area contributed by atoms with Gasteiger partial charge in [0.05, 0.1) is 5.75 Å². The summed E-state index contributed by atoms with van der Waals surface area (Å²) < 4.78 is 38.9. The average Bonchev–Trinajstić information content (AvgIpc) is 2.30. The van der Waals surface area contributed by atoms with Gasteiger partial charge in [-0.05, 0) is 42.9 Å². The van der Waals surface area contributed by atoms with E-state index in [0.717, 1.165) is 16.2 Å². The van der Waals surface area contributed by atoms with E-state index in [1.807, 2.05) is 0 Å². The van der Waals surface area contributed by atoms with E-state index in [4.69, 9.17) is 0 Å². The van der Waals surface area contributed by atoms with Gasteiger partial charge in [0.2, 0.25) is 10.0 Å². The highest BCUT2D eigenvalue weighted by Crippen LogP contribution is 2.36. The maximum absolute atomic E-state index is 13.2. The first kappa shape index (κ1) is 12.9. The summed E-state index contributed by atoms with van der Waals surface area (Å²) in [7, 11) is -3.26. The summed E-state index contributed by atoms with van der Waals surface area (Å²) in [4.78, 5) is 0.960. The fraction of sp³-hybridized carbons (Fsp3) is 0.455. The Morgan fingerprint density at radius 1 is 1.53 bits per heavy atom. The van der Waals surface area contributed by atoms with Crippen LogP contribution in [0, 0.1) is 5.82 Å². The molecule has 1 aliphatic rings. The average molecular weight is 275 g/mol. The Bertz CT molecular complexity index is 516. The molecule has 0 fully saturated rings. The summed E-state index contributed by atoms with van der Waals surface area (Å²) >= 11 is 1.63. The fourth-order valence-electron chi connectivity index (χ4n) is 1.79. The van der Waals surface area contributed by atoms with E-state index >= 15 is 0 Å². The van der Waals surface area contributed by atoms with Crippen molar-refractivity contribution in [3.8, 4) is 0 Å². The molecule has 0 aromatic heterocycles. The topological polar surface area (TPSA) is 46.2 Å². The Hall–Kier alpha value is -0.590. The minimum absolute atomic E-state index is 0.0429. The molecule has 1 atom stereocenters. The second kappa shape index (κ2) is 4.96. The largest absolute Gasteiger partial charge is 0.212 e. The molecule has 2 rings (SSSR count). The summed E-state index contributed by atoms with van der Waals surface area (Å²) in [6, 6.07) is 4.24. The summed E-state index contributed by atoms with van der Waals surface area (Å²) in [5.41, 5.74) is 0.748. The van der Waals surface area contributed by atoms with E-state index < -0.39 is 10.0 Å². The number of nitrogens with one attached hydrogen (secondary N) is 1. The Balaban J connectivity index is 2.31. The minimum atomic E-state index is -3.26. The molecule has 6 heteroatoms. The summed E-state index contributed by atoms with van der Waals surface area (Å²) in [6.07, 6.45) is 0.695. The zero-order chi connectivity index (χ0) is 12.5. The highest BCUT2D eigenvalue weighted by Gasteiger charge is 2.24. The third kappa shape index (κ3) is 3.00. The molecule has 1 aromatic carbocycles. The Morgan fingerprint density at radius 3 is 3.00 bits per heavy atom. The first-order valence-electron chi connectivity index (χ1n) is 5.44. The number of sulfonamides is 1. The number of benzene rings is 1. The quantitative estimate of drug-likeness (QED) is 0.920. The molecule has 0 radical (unpaired) electrons. The first-order chi connectivity index (χ1) is 8.02. The van der Waals surface area contributed by atoms with Crippen LogP contribution in [0.4, 0.5) is 4.39 Å². The normalized spacial score (nSPS) is 20.0. The fourth-order valence-corrected chi connectivity index (χ4v) is 3.74. The van der Waals surface area contributed by atoms with Crippen LogP contribution in [-0.4, -0.2) is 19.9 Å². The third-order valence-electron chi connectivity index (χ3n) is 2.71. The monoisotopic (exact) mass is 275 g/mol. The number of hydrogen-bond donors (Lipinski definition) is 1. The van der Waals surface area contributed by atoms with Crippen molar-refractivity contribution in [1.82, 2.24) is 4.72 Å². The van der Waals surface area contributed by atoms with Gasteiger partial charge in [0.1, 0.15) is 5.82 Å². The summed E-state index contributed by atoms with van der Waals surface area (Å²) in [5.74, 6) is 0.559. The van der Waals surface area contributed by atoms with E-state index in [1.54, 1.807) is 24.8 Å². The minimum Gasteiger partial charge on any atom is -0.212 e. The molecule has 0 amide bonds. The molecule has 0 saturated carbocycles. The molecule has 3 nitrogen and oxygen atoms in total. The predicted molar refractivity (Wildman–Crippen MR) is 67.1 cm³/mol. The standard InChI is InChI=1S/C11H14FNO2S2/c1-2-17(14,15)13-10-5-6-16-11-4-3-8(12)7-9(10)11/h3-4,7,10,13H,2,5-6H2,1H3. The Labute approximate surface area is 105 Å². The zero-order valence-corrected chi connectivity index (χ0v) is 11.1. The SMILES string of the molecule is CCS(=O)(=O)NC1CCSc2ccc(F)cc21. The van der Waals surface area contributed by atoms with E-state index in [9.17, 15) is 12.8 Å². The van der Waals surface area contributed by atoms with Crippen LogP contribution in [0.1, 0.15) is 24.9 Å². The van der Waals surface area contributed by atoms with Crippen LogP contribution < -0.4 is 4.72 Å². The molecule has 0 spiro atoms. The maximum Gasteiger partial charge on any atom is 0.211 e. The van der Waals surface area contributed by atoms with E-state index in [1.165, 1.54) is 12.1 Å². The van der Waals surface area contributed by atoms with Crippen LogP contribution in [0.15, 0.2) is 23.1 Å². The number of hydrogen-bond acceptors (Lipinski definition) is 3. The van der Waals surface area contributed by atoms with Gasteiger partial charge >= 0.3 is 0 Å². The molecular formula is C11H14FNO2S2. The van der Waals surface area contributed by atoms with Crippen LogP contribution >= 0.6 is 11.8 Å². The van der Waals surface area contributed by atoms with Crippen molar-refractivity contribution in [3.05, 3.63) is 29.6 Å². The van der Waals surface area contributed by atoms with Crippen molar-refractivity contribution in [2.24, 2.45) is 0 Å². The predicted octanol–water partition coefficient (Wildman–Crippen LogP) is 2.30. The van der Waals surface area contributed by atoms with Crippen molar-refractivity contribution >= 4 is 21.8 Å². The second-order valence-electron chi connectivity index (χ2n) is 3.89. The van der Waals surface area contributed by atoms with Gasteiger partial charge < -0.3 is 0 Å². The van der Waals surface area contributed by atoms with Crippen molar-refractivity contribution in [2.45, 2.75) is 24.3 Å². The van der Waals surface area contributed by atoms with Gasteiger partial charge in [-0.2, -0.15) is 0 Å². The molecular weight excluding hydrogens is 261 g/mol. The van der Waals surface area contributed by atoms with E-state index in [-0.39, 0.29) is 17.6 Å². The van der Waals surface area contributed by atoms with Gasteiger partial charge in [-0.1, -0.05) is 0 Å². The molecule has 1 unspecified atom stereocenters. The number of thioether (sulfide) groups is 1. The van der Waals surface area contributed by atoms with Gasteiger partial charge in [0.25, 0.3) is 0 Å². The Morgan fingerprint density at radius 2 is 2.29 bits per heavy atom. The van der Waals surface area contributed by atoms with Crippen LogP contribution in [0.3, 0.4) is 0 Å². The highest BCUT2D eigenvalue weighted by atomic mass is 32.2. The second-order valence-corrected chi connectivity index (χ2v) is 7.07. The zero-order valence-electron chi connectivity index (χ0n) is 9.44. The van der Waals surface area contributed by atoms with Crippen molar-refractivity contribution in [1.29, 1.82) is 0 Å². The van der Waals surface area contributed by atoms with Gasteiger partial charge in [0.15, 0.2) is 0 Å². The maximum atomic E-state index is 13.2. The lowest BCUT2D eigenvalue weighted by Gasteiger charge is -2.25. The molecule has 1 aliphatic heterocycles. The van der Waals surface area contributed by atoms with Crippen LogP contribution in [0.2, 0.25) is 0 Å². The Kier molecular flexibility index (Phi) is 3.75. The third-order valence-corrected chi connectivity index (χ3v) is 5.24. The van der Waals surface area contributed by atoms with Crippen LogP contribution in [-0.2, 0) is 10.0 Å². The molecule has 1 N–H and O–H groups in total. The van der Waals surface area contributed by atoms with E-state index in [2.05, 4.69) is 4.72 Å². The van der Waals surface area contributed by atoms with Crippen LogP contribution in [0.25, 0.3) is 0 Å².